The zero-order valence-corrected chi connectivity index (χ0v) is 16.8. The molecule has 2 aromatic rings. The van der Waals surface area contributed by atoms with E-state index in [1.807, 2.05) is 16.7 Å². The van der Waals surface area contributed by atoms with E-state index in [4.69, 9.17) is 0 Å². The molecule has 0 unspecified atom stereocenters. The Morgan fingerprint density at radius 2 is 1.82 bits per heavy atom. The second-order valence-corrected chi connectivity index (χ2v) is 9.23. The number of anilines is 2. The van der Waals surface area contributed by atoms with Gasteiger partial charge in [-0.1, -0.05) is 12.1 Å². The summed E-state index contributed by atoms with van der Waals surface area (Å²) in [6.45, 7) is 2.85. The molecule has 0 bridgehead atoms. The van der Waals surface area contributed by atoms with Gasteiger partial charge < -0.3 is 10.0 Å². The van der Waals surface area contributed by atoms with Crippen LogP contribution in [0.15, 0.2) is 47.4 Å². The molecule has 1 aliphatic rings. The summed E-state index contributed by atoms with van der Waals surface area (Å²) in [6.07, 6.45) is 0. The number of thioether (sulfide) groups is 1. The molecule has 1 fully saturated rings. The summed E-state index contributed by atoms with van der Waals surface area (Å²) in [6, 6.07) is 10.2. The summed E-state index contributed by atoms with van der Waals surface area (Å²) >= 11 is 1.81. The van der Waals surface area contributed by atoms with Crippen molar-refractivity contribution < 1.29 is 23.1 Å². The third kappa shape index (κ3) is 4.48. The molecule has 28 heavy (non-hydrogen) atoms. The minimum Gasteiger partial charge on any atom is -0.478 e. The van der Waals surface area contributed by atoms with Crippen molar-refractivity contribution in [3.63, 3.8) is 0 Å². The quantitative estimate of drug-likeness (QED) is 0.693. The molecule has 9 heteroatoms. The lowest BCUT2D eigenvalue weighted by atomic mass is 10.1. The van der Waals surface area contributed by atoms with Gasteiger partial charge in [0.2, 0.25) is 0 Å². The molecule has 1 heterocycles. The Hall–Kier alpha value is -2.52. The number of ketones is 1. The Balaban J connectivity index is 1.91. The minimum atomic E-state index is -3.96. The lowest BCUT2D eigenvalue weighted by Crippen LogP contribution is -2.33. The number of Topliss-reactive ketones (excluding diaryl/α,β-unsaturated/α-hetero) is 1. The smallest absolute Gasteiger partial charge is 0.337 e. The van der Waals surface area contributed by atoms with Crippen LogP contribution in [0.25, 0.3) is 0 Å². The van der Waals surface area contributed by atoms with Crippen molar-refractivity contribution in [3.8, 4) is 0 Å². The minimum absolute atomic E-state index is 0.0459. The van der Waals surface area contributed by atoms with Gasteiger partial charge in [-0.05, 0) is 37.3 Å². The summed E-state index contributed by atoms with van der Waals surface area (Å²) in [4.78, 5) is 25.2. The van der Waals surface area contributed by atoms with Crippen LogP contribution in [0.4, 0.5) is 11.4 Å². The molecule has 0 saturated carbocycles. The van der Waals surface area contributed by atoms with Crippen molar-refractivity contribution in [2.24, 2.45) is 0 Å². The first-order valence-corrected chi connectivity index (χ1v) is 11.3. The van der Waals surface area contributed by atoms with Crippen LogP contribution in [0.3, 0.4) is 0 Å². The first-order valence-electron chi connectivity index (χ1n) is 8.62. The van der Waals surface area contributed by atoms with Crippen LogP contribution in [-0.2, 0) is 10.0 Å². The number of benzene rings is 2. The fraction of sp³-hybridized carbons (Fsp3) is 0.263. The van der Waals surface area contributed by atoms with Gasteiger partial charge in [0.25, 0.3) is 10.0 Å². The number of rotatable bonds is 6. The highest BCUT2D eigenvalue weighted by molar-refractivity contribution is 7.99. The van der Waals surface area contributed by atoms with Gasteiger partial charge in [-0.25, -0.2) is 13.2 Å². The number of carbonyl (C=O) groups excluding carboxylic acids is 1. The molecule has 0 amide bonds. The largest absolute Gasteiger partial charge is 0.478 e. The monoisotopic (exact) mass is 420 g/mol. The van der Waals surface area contributed by atoms with Gasteiger partial charge in [-0.2, -0.15) is 11.8 Å². The van der Waals surface area contributed by atoms with Gasteiger partial charge >= 0.3 is 5.97 Å². The number of nitrogens with one attached hydrogen (secondary N) is 1. The molecule has 2 N–H and O–H groups in total. The first-order chi connectivity index (χ1) is 13.3. The van der Waals surface area contributed by atoms with E-state index in [-0.39, 0.29) is 27.5 Å². The fourth-order valence-corrected chi connectivity index (χ4v) is 4.95. The third-order valence-corrected chi connectivity index (χ3v) is 6.70. The second-order valence-electron chi connectivity index (χ2n) is 6.33. The molecule has 0 atom stereocenters. The SMILES string of the molecule is CC(=O)c1cccc(S(=O)(=O)Nc2ccc(N3CCSCC3)c(C(=O)O)c2)c1. The maximum Gasteiger partial charge on any atom is 0.337 e. The zero-order valence-electron chi connectivity index (χ0n) is 15.2. The van der Waals surface area contributed by atoms with E-state index in [0.717, 1.165) is 24.6 Å². The average Bonchev–Trinajstić information content (AvgIpc) is 2.68. The van der Waals surface area contributed by atoms with E-state index in [2.05, 4.69) is 4.72 Å². The van der Waals surface area contributed by atoms with E-state index >= 15 is 0 Å². The Labute approximate surface area is 167 Å². The predicted molar refractivity (Wildman–Crippen MR) is 110 cm³/mol. The number of nitrogens with zero attached hydrogens (tertiary/aromatic N) is 1. The fourth-order valence-electron chi connectivity index (χ4n) is 2.95. The van der Waals surface area contributed by atoms with Gasteiger partial charge in [0.15, 0.2) is 5.78 Å². The molecular formula is C19H20N2O5S2. The van der Waals surface area contributed by atoms with Gasteiger partial charge in [0.05, 0.1) is 16.1 Å². The highest BCUT2D eigenvalue weighted by Gasteiger charge is 2.21. The maximum absolute atomic E-state index is 12.7. The lowest BCUT2D eigenvalue weighted by molar-refractivity contribution is 0.0697. The van der Waals surface area contributed by atoms with Crippen molar-refractivity contribution in [1.29, 1.82) is 0 Å². The highest BCUT2D eigenvalue weighted by atomic mass is 32.2. The van der Waals surface area contributed by atoms with Crippen molar-refractivity contribution in [3.05, 3.63) is 53.6 Å². The highest BCUT2D eigenvalue weighted by Crippen LogP contribution is 2.28. The predicted octanol–water partition coefficient (Wildman–Crippen LogP) is 2.94. The number of hydrogen-bond acceptors (Lipinski definition) is 6. The lowest BCUT2D eigenvalue weighted by Gasteiger charge is -2.29. The second kappa shape index (κ2) is 8.24. The Morgan fingerprint density at radius 1 is 1.11 bits per heavy atom. The summed E-state index contributed by atoms with van der Waals surface area (Å²) in [5, 5.41) is 9.59. The number of sulfonamides is 1. The Morgan fingerprint density at radius 3 is 2.46 bits per heavy atom. The molecule has 0 spiro atoms. The molecule has 1 aliphatic heterocycles. The summed E-state index contributed by atoms with van der Waals surface area (Å²) in [7, 11) is -3.96. The summed E-state index contributed by atoms with van der Waals surface area (Å²) in [5.41, 5.74) is 1.06. The number of carboxylic acid groups (broad SMARTS) is 1. The van der Waals surface area contributed by atoms with E-state index < -0.39 is 16.0 Å². The van der Waals surface area contributed by atoms with Crippen molar-refractivity contribution in [2.45, 2.75) is 11.8 Å². The van der Waals surface area contributed by atoms with Crippen molar-refractivity contribution in [1.82, 2.24) is 0 Å². The summed E-state index contributed by atoms with van der Waals surface area (Å²) < 4.78 is 27.7. The number of hydrogen-bond donors (Lipinski definition) is 2. The molecule has 7 nitrogen and oxygen atoms in total. The van der Waals surface area contributed by atoms with Crippen molar-refractivity contribution in [2.75, 3.05) is 34.2 Å². The van der Waals surface area contributed by atoms with E-state index in [9.17, 15) is 23.1 Å². The van der Waals surface area contributed by atoms with Gasteiger partial charge in [-0.15, -0.1) is 0 Å². The topological polar surface area (TPSA) is 104 Å². The molecule has 148 valence electrons. The van der Waals surface area contributed by atoms with Crippen LogP contribution in [0, 0.1) is 0 Å². The normalized spacial score (nSPS) is 14.5. The van der Waals surface area contributed by atoms with Gasteiger partial charge in [0.1, 0.15) is 0 Å². The zero-order chi connectivity index (χ0) is 20.3. The van der Waals surface area contributed by atoms with E-state index in [0.29, 0.717) is 5.69 Å². The molecular weight excluding hydrogens is 400 g/mol. The van der Waals surface area contributed by atoms with E-state index in [1.54, 1.807) is 12.1 Å². The number of carboxylic acids is 1. The molecule has 0 radical (unpaired) electrons. The molecule has 3 rings (SSSR count). The molecule has 2 aromatic carbocycles. The average molecular weight is 421 g/mol. The van der Waals surface area contributed by atoms with Crippen LogP contribution < -0.4 is 9.62 Å². The van der Waals surface area contributed by atoms with Crippen molar-refractivity contribution >= 4 is 44.9 Å². The Bertz CT molecular complexity index is 1010. The van der Waals surface area contributed by atoms with Crippen LogP contribution in [0.2, 0.25) is 0 Å². The van der Waals surface area contributed by atoms with Crippen LogP contribution >= 0.6 is 11.8 Å². The summed E-state index contributed by atoms with van der Waals surface area (Å²) in [5.74, 6) is 0.474. The van der Waals surface area contributed by atoms with Gasteiger partial charge in [-0.3, -0.25) is 9.52 Å². The van der Waals surface area contributed by atoms with E-state index in [1.165, 1.54) is 37.3 Å². The molecule has 0 aliphatic carbocycles. The molecule has 0 aromatic heterocycles. The first kappa shape index (κ1) is 20.2. The maximum atomic E-state index is 12.7. The number of aromatic carboxylic acids is 1. The number of carbonyl (C=O) groups is 2. The molecule has 1 saturated heterocycles. The standard InChI is InChI=1S/C19H20N2O5S2/c1-13(22)14-3-2-4-16(11-14)28(25,26)20-15-5-6-18(17(12-15)19(23)24)21-7-9-27-10-8-21/h2-6,11-12,20H,7-10H2,1H3,(H,23,24). The van der Waals surface area contributed by atoms with Crippen LogP contribution in [0.1, 0.15) is 27.6 Å². The van der Waals surface area contributed by atoms with Crippen LogP contribution in [0.5, 0.6) is 0 Å². The van der Waals surface area contributed by atoms with Gasteiger partial charge in [0, 0.05) is 35.8 Å². The third-order valence-electron chi connectivity index (χ3n) is 4.38. The Kier molecular flexibility index (Phi) is 5.95. The van der Waals surface area contributed by atoms with Crippen LogP contribution in [-0.4, -0.2) is 49.9 Å².